The number of nitrogens with zero attached hydrogens (tertiary/aromatic N) is 6. The Kier molecular flexibility index (Phi) is 4.75. The fourth-order valence-corrected chi connectivity index (χ4v) is 2.81. The van der Waals surface area contributed by atoms with Crippen LogP contribution < -0.4 is 10.2 Å². The van der Waals surface area contributed by atoms with Crippen LogP contribution in [0.15, 0.2) is 18.5 Å². The molecule has 1 amide bonds. The molecule has 0 saturated carbocycles. The van der Waals surface area contributed by atoms with E-state index in [2.05, 4.69) is 30.2 Å². The molecule has 1 fully saturated rings. The van der Waals surface area contributed by atoms with Crippen molar-refractivity contribution >= 4 is 17.5 Å². The van der Waals surface area contributed by atoms with Crippen LogP contribution in [0.5, 0.6) is 0 Å². The molecule has 2 aromatic heterocycles. The monoisotopic (exact) mass is 329 g/mol. The molecule has 1 aliphatic heterocycles. The molecule has 3 heterocycles. The van der Waals surface area contributed by atoms with Crippen LogP contribution in [0.4, 0.5) is 11.6 Å². The average molecular weight is 329 g/mol. The van der Waals surface area contributed by atoms with Crippen molar-refractivity contribution in [1.29, 1.82) is 0 Å². The van der Waals surface area contributed by atoms with Crippen molar-refractivity contribution in [3.63, 3.8) is 0 Å². The first-order chi connectivity index (χ1) is 11.5. The van der Waals surface area contributed by atoms with Gasteiger partial charge in [0.15, 0.2) is 5.82 Å². The third-order valence-electron chi connectivity index (χ3n) is 4.07. The van der Waals surface area contributed by atoms with Crippen molar-refractivity contribution < 1.29 is 4.79 Å². The summed E-state index contributed by atoms with van der Waals surface area (Å²) in [4.78, 5) is 25.5. The van der Waals surface area contributed by atoms with Crippen molar-refractivity contribution in [2.75, 3.05) is 42.9 Å². The molecule has 8 heteroatoms. The smallest absolute Gasteiger partial charge is 0.239 e. The van der Waals surface area contributed by atoms with E-state index in [1.165, 1.54) is 0 Å². The zero-order chi connectivity index (χ0) is 17.1. The number of amides is 1. The van der Waals surface area contributed by atoms with Crippen molar-refractivity contribution in [3.8, 4) is 0 Å². The lowest BCUT2D eigenvalue weighted by Crippen LogP contribution is -2.49. The second kappa shape index (κ2) is 6.96. The molecule has 1 N–H and O–H groups in total. The van der Waals surface area contributed by atoms with Crippen molar-refractivity contribution in [2.45, 2.75) is 13.8 Å². The standard InChI is InChI=1S/C16H23N7O/c1-12-10-17-13(2)16(18-12)23-8-6-22(7-9-23)11-15(24)19-14-4-5-21(3)20-14/h4-5,10H,6-9,11H2,1-3H3,(H,19,20,24). The summed E-state index contributed by atoms with van der Waals surface area (Å²) in [5.41, 5.74) is 1.87. The summed E-state index contributed by atoms with van der Waals surface area (Å²) < 4.78 is 1.67. The molecule has 0 atom stereocenters. The van der Waals surface area contributed by atoms with Gasteiger partial charge in [-0.3, -0.25) is 19.4 Å². The van der Waals surface area contributed by atoms with Gasteiger partial charge in [-0.05, 0) is 13.8 Å². The van der Waals surface area contributed by atoms with Crippen LogP contribution in [-0.2, 0) is 11.8 Å². The number of piperazine rings is 1. The molecule has 1 saturated heterocycles. The van der Waals surface area contributed by atoms with E-state index in [9.17, 15) is 4.79 Å². The van der Waals surface area contributed by atoms with Gasteiger partial charge >= 0.3 is 0 Å². The molecule has 0 spiro atoms. The number of nitrogens with one attached hydrogen (secondary N) is 1. The van der Waals surface area contributed by atoms with Crippen LogP contribution in [0.1, 0.15) is 11.4 Å². The SMILES string of the molecule is Cc1cnc(C)c(N2CCN(CC(=O)Nc3ccn(C)n3)CC2)n1. The van der Waals surface area contributed by atoms with E-state index in [0.29, 0.717) is 12.4 Å². The highest BCUT2D eigenvalue weighted by Gasteiger charge is 2.21. The Labute approximate surface area is 141 Å². The van der Waals surface area contributed by atoms with E-state index >= 15 is 0 Å². The van der Waals surface area contributed by atoms with E-state index < -0.39 is 0 Å². The third kappa shape index (κ3) is 3.88. The molecule has 0 bridgehead atoms. The lowest BCUT2D eigenvalue weighted by Gasteiger charge is -2.35. The lowest BCUT2D eigenvalue weighted by atomic mass is 10.3. The van der Waals surface area contributed by atoms with Gasteiger partial charge in [0.25, 0.3) is 0 Å². The van der Waals surface area contributed by atoms with Crippen molar-refractivity contribution in [2.24, 2.45) is 7.05 Å². The first-order valence-electron chi connectivity index (χ1n) is 8.08. The van der Waals surface area contributed by atoms with E-state index in [0.717, 1.165) is 43.4 Å². The fraction of sp³-hybridized carbons (Fsp3) is 0.500. The van der Waals surface area contributed by atoms with Crippen LogP contribution in [0.25, 0.3) is 0 Å². The Morgan fingerprint density at radius 1 is 1.25 bits per heavy atom. The fourth-order valence-electron chi connectivity index (χ4n) is 2.81. The van der Waals surface area contributed by atoms with Gasteiger partial charge in [0.1, 0.15) is 5.82 Å². The normalized spacial score (nSPS) is 15.5. The van der Waals surface area contributed by atoms with Crippen LogP contribution >= 0.6 is 0 Å². The molecule has 2 aromatic rings. The molecule has 3 rings (SSSR count). The minimum absolute atomic E-state index is 0.0336. The van der Waals surface area contributed by atoms with Gasteiger partial charge in [-0.15, -0.1) is 0 Å². The number of aryl methyl sites for hydroxylation is 3. The average Bonchev–Trinajstić information content (AvgIpc) is 2.95. The summed E-state index contributed by atoms with van der Waals surface area (Å²) in [6.45, 7) is 7.65. The zero-order valence-corrected chi connectivity index (χ0v) is 14.4. The highest BCUT2D eigenvalue weighted by atomic mass is 16.2. The third-order valence-corrected chi connectivity index (χ3v) is 4.07. The highest BCUT2D eigenvalue weighted by molar-refractivity contribution is 5.91. The first kappa shape index (κ1) is 16.4. The maximum atomic E-state index is 12.1. The van der Waals surface area contributed by atoms with Crippen LogP contribution in [-0.4, -0.2) is 63.3 Å². The van der Waals surface area contributed by atoms with E-state index in [4.69, 9.17) is 0 Å². The van der Waals surface area contributed by atoms with Gasteiger partial charge < -0.3 is 10.2 Å². The van der Waals surface area contributed by atoms with Crippen LogP contribution in [0.3, 0.4) is 0 Å². The summed E-state index contributed by atoms with van der Waals surface area (Å²) in [5.74, 6) is 1.51. The Morgan fingerprint density at radius 3 is 2.67 bits per heavy atom. The Balaban J connectivity index is 1.51. The summed E-state index contributed by atoms with van der Waals surface area (Å²) >= 11 is 0. The summed E-state index contributed by atoms with van der Waals surface area (Å²) in [5, 5.41) is 6.98. The van der Waals surface area contributed by atoms with Crippen LogP contribution in [0.2, 0.25) is 0 Å². The minimum atomic E-state index is -0.0336. The predicted octanol–water partition coefficient (Wildman–Crippen LogP) is 0.588. The van der Waals surface area contributed by atoms with E-state index in [1.807, 2.05) is 20.9 Å². The topological polar surface area (TPSA) is 79.2 Å². The van der Waals surface area contributed by atoms with Crippen molar-refractivity contribution in [3.05, 3.63) is 29.8 Å². The number of rotatable bonds is 4. The molecule has 0 unspecified atom stereocenters. The quantitative estimate of drug-likeness (QED) is 0.884. The number of carbonyl (C=O) groups is 1. The maximum Gasteiger partial charge on any atom is 0.239 e. The number of anilines is 2. The van der Waals surface area contributed by atoms with Gasteiger partial charge in [0.05, 0.1) is 17.9 Å². The minimum Gasteiger partial charge on any atom is -0.353 e. The van der Waals surface area contributed by atoms with Gasteiger partial charge in [0.2, 0.25) is 5.91 Å². The molecule has 0 aromatic carbocycles. The van der Waals surface area contributed by atoms with Crippen molar-refractivity contribution in [1.82, 2.24) is 24.6 Å². The number of carbonyl (C=O) groups excluding carboxylic acids is 1. The van der Waals surface area contributed by atoms with Gasteiger partial charge in [0, 0.05) is 51.7 Å². The predicted molar refractivity (Wildman–Crippen MR) is 92.0 cm³/mol. The summed E-state index contributed by atoms with van der Waals surface area (Å²) in [6, 6.07) is 1.79. The number of hydrogen-bond donors (Lipinski definition) is 1. The number of aromatic nitrogens is 4. The molecule has 24 heavy (non-hydrogen) atoms. The molecular formula is C16H23N7O. The molecular weight excluding hydrogens is 306 g/mol. The first-order valence-corrected chi connectivity index (χ1v) is 8.08. The van der Waals surface area contributed by atoms with E-state index in [-0.39, 0.29) is 5.91 Å². The van der Waals surface area contributed by atoms with Crippen LogP contribution in [0, 0.1) is 13.8 Å². The Morgan fingerprint density at radius 2 is 2.00 bits per heavy atom. The largest absolute Gasteiger partial charge is 0.353 e. The second-order valence-corrected chi connectivity index (χ2v) is 6.11. The van der Waals surface area contributed by atoms with E-state index in [1.54, 1.807) is 23.1 Å². The second-order valence-electron chi connectivity index (χ2n) is 6.11. The Hall–Kier alpha value is -2.48. The summed E-state index contributed by atoms with van der Waals surface area (Å²) in [6.07, 6.45) is 3.59. The summed E-state index contributed by atoms with van der Waals surface area (Å²) in [7, 11) is 1.82. The molecule has 8 nitrogen and oxygen atoms in total. The lowest BCUT2D eigenvalue weighted by molar-refractivity contribution is -0.117. The van der Waals surface area contributed by atoms with Gasteiger partial charge in [-0.1, -0.05) is 0 Å². The number of hydrogen-bond acceptors (Lipinski definition) is 6. The van der Waals surface area contributed by atoms with Gasteiger partial charge in [-0.25, -0.2) is 4.98 Å². The molecule has 1 aliphatic rings. The zero-order valence-electron chi connectivity index (χ0n) is 14.4. The van der Waals surface area contributed by atoms with Gasteiger partial charge in [-0.2, -0.15) is 5.10 Å². The maximum absolute atomic E-state index is 12.1. The Bertz CT molecular complexity index is 719. The highest BCUT2D eigenvalue weighted by Crippen LogP contribution is 2.17. The molecule has 0 radical (unpaired) electrons. The molecule has 0 aliphatic carbocycles. The molecule has 128 valence electrons.